The largest absolute Gasteiger partial charge is 0.321 e. The first-order valence-electron chi connectivity index (χ1n) is 5.39. The Labute approximate surface area is 112 Å². The SMILES string of the molecule is Cn1c(Cl)cnc1Cn1ccc2sccc2c1=O. The Kier molecular flexibility index (Phi) is 2.72. The van der Waals surface area contributed by atoms with Crippen LogP contribution in [0.3, 0.4) is 0 Å². The monoisotopic (exact) mass is 279 g/mol. The highest BCUT2D eigenvalue weighted by Crippen LogP contribution is 2.17. The fourth-order valence-electron chi connectivity index (χ4n) is 1.85. The number of aromatic nitrogens is 3. The van der Waals surface area contributed by atoms with Gasteiger partial charge in [-0.15, -0.1) is 11.3 Å². The van der Waals surface area contributed by atoms with Gasteiger partial charge in [-0.3, -0.25) is 4.79 Å². The van der Waals surface area contributed by atoms with Crippen LogP contribution in [0.15, 0.2) is 34.7 Å². The van der Waals surface area contributed by atoms with Gasteiger partial charge in [0.1, 0.15) is 11.0 Å². The number of halogens is 1. The number of rotatable bonds is 2. The summed E-state index contributed by atoms with van der Waals surface area (Å²) in [6.45, 7) is 0.424. The Hall–Kier alpha value is -1.59. The molecule has 3 heterocycles. The summed E-state index contributed by atoms with van der Waals surface area (Å²) < 4.78 is 4.42. The van der Waals surface area contributed by atoms with E-state index in [0.29, 0.717) is 11.7 Å². The second-order valence-electron chi connectivity index (χ2n) is 4.00. The van der Waals surface area contributed by atoms with Gasteiger partial charge in [0.15, 0.2) is 0 Å². The van der Waals surface area contributed by atoms with Crippen LogP contribution in [0.1, 0.15) is 5.82 Å². The third-order valence-electron chi connectivity index (χ3n) is 2.93. The maximum atomic E-state index is 12.2. The minimum absolute atomic E-state index is 0.00729. The van der Waals surface area contributed by atoms with Crippen molar-refractivity contribution in [2.45, 2.75) is 6.54 Å². The second-order valence-corrected chi connectivity index (χ2v) is 5.34. The van der Waals surface area contributed by atoms with Gasteiger partial charge < -0.3 is 9.13 Å². The number of fused-ring (bicyclic) bond motifs is 1. The van der Waals surface area contributed by atoms with Crippen LogP contribution in [0.5, 0.6) is 0 Å². The van der Waals surface area contributed by atoms with Crippen LogP contribution in [0.25, 0.3) is 10.1 Å². The molecule has 0 amide bonds. The highest BCUT2D eigenvalue weighted by atomic mass is 35.5. The first-order chi connectivity index (χ1) is 8.66. The Morgan fingerprint density at radius 3 is 3.00 bits per heavy atom. The molecule has 3 aromatic rings. The average Bonchev–Trinajstić information content (AvgIpc) is 2.95. The van der Waals surface area contributed by atoms with Gasteiger partial charge in [-0.1, -0.05) is 11.6 Å². The number of imidazole rings is 1. The molecule has 0 saturated heterocycles. The Balaban J connectivity index is 2.07. The maximum absolute atomic E-state index is 12.2. The molecule has 0 aliphatic rings. The van der Waals surface area contributed by atoms with Crippen molar-refractivity contribution >= 4 is 33.0 Å². The van der Waals surface area contributed by atoms with E-state index in [1.165, 1.54) is 0 Å². The van der Waals surface area contributed by atoms with Gasteiger partial charge in [-0.05, 0) is 17.5 Å². The van der Waals surface area contributed by atoms with E-state index < -0.39 is 0 Å². The molecule has 0 saturated carbocycles. The fraction of sp³-hybridized carbons (Fsp3) is 0.167. The van der Waals surface area contributed by atoms with Crippen LogP contribution in [0.2, 0.25) is 5.15 Å². The van der Waals surface area contributed by atoms with Gasteiger partial charge in [-0.2, -0.15) is 0 Å². The molecule has 4 nitrogen and oxygen atoms in total. The fourth-order valence-corrected chi connectivity index (χ4v) is 2.77. The number of hydrogen-bond acceptors (Lipinski definition) is 3. The summed E-state index contributed by atoms with van der Waals surface area (Å²) in [7, 11) is 1.83. The van der Waals surface area contributed by atoms with Crippen molar-refractivity contribution in [2.75, 3.05) is 0 Å². The minimum atomic E-state index is 0.00729. The molecule has 92 valence electrons. The molecule has 0 N–H and O–H groups in total. The first kappa shape index (κ1) is 11.5. The van der Waals surface area contributed by atoms with Gasteiger partial charge in [0.05, 0.1) is 18.1 Å². The average molecular weight is 280 g/mol. The van der Waals surface area contributed by atoms with E-state index in [1.807, 2.05) is 24.6 Å². The lowest BCUT2D eigenvalue weighted by Gasteiger charge is -2.06. The van der Waals surface area contributed by atoms with Gasteiger partial charge in [0.2, 0.25) is 0 Å². The third-order valence-corrected chi connectivity index (χ3v) is 4.16. The Morgan fingerprint density at radius 2 is 2.28 bits per heavy atom. The zero-order valence-corrected chi connectivity index (χ0v) is 11.2. The van der Waals surface area contributed by atoms with Crippen molar-refractivity contribution in [1.29, 1.82) is 0 Å². The highest BCUT2D eigenvalue weighted by molar-refractivity contribution is 7.17. The van der Waals surface area contributed by atoms with Crippen LogP contribution >= 0.6 is 22.9 Å². The molecular formula is C12H10ClN3OS. The maximum Gasteiger partial charge on any atom is 0.259 e. The normalized spacial score (nSPS) is 11.2. The van der Waals surface area contributed by atoms with Gasteiger partial charge in [-0.25, -0.2) is 4.98 Å². The van der Waals surface area contributed by atoms with E-state index >= 15 is 0 Å². The summed E-state index contributed by atoms with van der Waals surface area (Å²) in [5.41, 5.74) is 0.00729. The lowest BCUT2D eigenvalue weighted by molar-refractivity contribution is 0.684. The highest BCUT2D eigenvalue weighted by Gasteiger charge is 2.08. The summed E-state index contributed by atoms with van der Waals surface area (Å²) in [5.74, 6) is 0.761. The quantitative estimate of drug-likeness (QED) is 0.723. The van der Waals surface area contributed by atoms with Gasteiger partial charge in [0, 0.05) is 17.9 Å². The van der Waals surface area contributed by atoms with E-state index in [0.717, 1.165) is 15.9 Å². The molecule has 3 rings (SSSR count). The van der Waals surface area contributed by atoms with E-state index in [9.17, 15) is 4.79 Å². The first-order valence-corrected chi connectivity index (χ1v) is 6.65. The van der Waals surface area contributed by atoms with Crippen molar-refractivity contribution in [3.8, 4) is 0 Å². The molecule has 18 heavy (non-hydrogen) atoms. The topological polar surface area (TPSA) is 39.8 Å². The van der Waals surface area contributed by atoms with Crippen LogP contribution in [-0.2, 0) is 13.6 Å². The Morgan fingerprint density at radius 1 is 1.44 bits per heavy atom. The molecule has 3 aromatic heterocycles. The second kappa shape index (κ2) is 4.26. The van der Waals surface area contributed by atoms with Gasteiger partial charge in [0.25, 0.3) is 5.56 Å². The van der Waals surface area contributed by atoms with Crippen molar-refractivity contribution in [3.63, 3.8) is 0 Å². The smallest absolute Gasteiger partial charge is 0.259 e. The number of nitrogens with zero attached hydrogens (tertiary/aromatic N) is 3. The van der Waals surface area contributed by atoms with Crippen LogP contribution in [0, 0.1) is 0 Å². The van der Waals surface area contributed by atoms with E-state index in [2.05, 4.69) is 4.98 Å². The molecule has 0 spiro atoms. The zero-order valence-electron chi connectivity index (χ0n) is 9.63. The Bertz CT molecular complexity index is 771. The molecule has 0 aliphatic heterocycles. The van der Waals surface area contributed by atoms with Crippen LogP contribution in [-0.4, -0.2) is 14.1 Å². The van der Waals surface area contributed by atoms with E-state index in [1.54, 1.807) is 32.9 Å². The summed E-state index contributed by atoms with van der Waals surface area (Å²) in [6, 6.07) is 3.80. The molecular weight excluding hydrogens is 270 g/mol. The zero-order chi connectivity index (χ0) is 12.7. The van der Waals surface area contributed by atoms with E-state index in [-0.39, 0.29) is 5.56 Å². The number of hydrogen-bond donors (Lipinski definition) is 0. The molecule has 0 bridgehead atoms. The van der Waals surface area contributed by atoms with Crippen LogP contribution in [0.4, 0.5) is 0 Å². The van der Waals surface area contributed by atoms with Crippen molar-refractivity contribution < 1.29 is 0 Å². The number of thiophene rings is 1. The summed E-state index contributed by atoms with van der Waals surface area (Å²) in [4.78, 5) is 16.4. The summed E-state index contributed by atoms with van der Waals surface area (Å²) in [6.07, 6.45) is 3.38. The lowest BCUT2D eigenvalue weighted by atomic mass is 10.3. The standard InChI is InChI=1S/C12H10ClN3OS/c1-15-10(13)6-14-11(15)7-16-4-2-9-8(12(16)17)3-5-18-9/h2-6H,7H2,1H3. The summed E-state index contributed by atoms with van der Waals surface area (Å²) >= 11 is 7.50. The van der Waals surface area contributed by atoms with Crippen LogP contribution < -0.4 is 5.56 Å². The lowest BCUT2D eigenvalue weighted by Crippen LogP contribution is -2.21. The van der Waals surface area contributed by atoms with Gasteiger partial charge >= 0.3 is 0 Å². The van der Waals surface area contributed by atoms with Crippen molar-refractivity contribution in [1.82, 2.24) is 14.1 Å². The van der Waals surface area contributed by atoms with E-state index in [4.69, 9.17) is 11.6 Å². The molecule has 6 heteroatoms. The minimum Gasteiger partial charge on any atom is -0.321 e. The predicted octanol–water partition coefficient (Wildman–Crippen LogP) is 2.50. The van der Waals surface area contributed by atoms with Crippen molar-refractivity contribution in [3.05, 3.63) is 51.2 Å². The van der Waals surface area contributed by atoms with Crippen molar-refractivity contribution in [2.24, 2.45) is 7.05 Å². The predicted molar refractivity (Wildman–Crippen MR) is 73.4 cm³/mol. The third kappa shape index (κ3) is 1.76. The molecule has 0 fully saturated rings. The molecule has 0 radical (unpaired) electrons. The molecule has 0 aromatic carbocycles. The molecule has 0 atom stereocenters. The molecule has 0 unspecified atom stereocenters. The summed E-state index contributed by atoms with van der Waals surface area (Å²) in [5, 5.41) is 3.24. The number of pyridine rings is 1. The molecule has 0 aliphatic carbocycles.